The van der Waals surface area contributed by atoms with E-state index in [1.165, 1.54) is 29.6 Å². The number of ether oxygens (including phenoxy) is 1. The number of likely N-dealkylation sites (N-methyl/N-ethyl adjacent to an activating group) is 1. The van der Waals surface area contributed by atoms with E-state index in [1.54, 1.807) is 26.0 Å². The number of fused-ring (bicyclic) bond motifs is 1. The van der Waals surface area contributed by atoms with E-state index < -0.39 is 43.9 Å². The number of sulfonamides is 2. The minimum absolute atomic E-state index is 0.0175. The Morgan fingerprint density at radius 3 is 2.54 bits per heavy atom. The van der Waals surface area contributed by atoms with Crippen LogP contribution in [0.5, 0.6) is 5.75 Å². The Hall–Kier alpha value is -2.31. The van der Waals surface area contributed by atoms with Gasteiger partial charge >= 0.3 is 0 Å². The Kier molecular flexibility index (Phi) is 8.10. The Balaban J connectivity index is 1.74. The van der Waals surface area contributed by atoms with Crippen molar-refractivity contribution in [2.75, 3.05) is 26.7 Å². The van der Waals surface area contributed by atoms with Crippen molar-refractivity contribution in [1.82, 2.24) is 8.61 Å². The predicted molar refractivity (Wildman–Crippen MR) is 139 cm³/mol. The quantitative estimate of drug-likeness (QED) is 0.564. The van der Waals surface area contributed by atoms with Crippen LogP contribution in [0.15, 0.2) is 58.3 Å². The average Bonchev–Trinajstić information content (AvgIpc) is 3.41. The van der Waals surface area contributed by atoms with Gasteiger partial charge in [-0.05, 0) is 73.7 Å². The summed E-state index contributed by atoms with van der Waals surface area (Å²) in [6.45, 7) is 3.03. The molecule has 202 valence electrons. The van der Waals surface area contributed by atoms with Crippen molar-refractivity contribution >= 4 is 25.6 Å². The molecule has 0 radical (unpaired) electrons. The highest BCUT2D eigenvalue weighted by molar-refractivity contribution is 7.89. The first-order chi connectivity index (χ1) is 17.4. The molecule has 1 N–H and O–H groups in total. The highest BCUT2D eigenvalue weighted by Crippen LogP contribution is 2.37. The van der Waals surface area contributed by atoms with Gasteiger partial charge in [-0.1, -0.05) is 19.1 Å². The van der Waals surface area contributed by atoms with Gasteiger partial charge in [-0.25, -0.2) is 21.2 Å². The van der Waals surface area contributed by atoms with Crippen molar-refractivity contribution in [3.05, 3.63) is 59.9 Å². The van der Waals surface area contributed by atoms with Crippen molar-refractivity contribution < 1.29 is 31.1 Å². The zero-order valence-electron chi connectivity index (χ0n) is 21.2. The number of aliphatic hydroxyl groups excluding tert-OH is 1. The Morgan fingerprint density at radius 2 is 1.92 bits per heavy atom. The first kappa shape index (κ1) is 27.7. The number of benzene rings is 2. The molecule has 1 heterocycles. The van der Waals surface area contributed by atoms with Crippen LogP contribution in [0.25, 0.3) is 5.57 Å². The number of aliphatic hydroxyl groups is 1. The molecule has 0 fully saturated rings. The second-order valence-corrected chi connectivity index (χ2v) is 13.7. The topological polar surface area (TPSA) is 104 Å². The van der Waals surface area contributed by atoms with E-state index in [-0.39, 0.29) is 35.2 Å². The first-order valence-electron chi connectivity index (χ1n) is 12.3. The minimum atomic E-state index is -3.99. The molecule has 0 bridgehead atoms. The van der Waals surface area contributed by atoms with E-state index in [9.17, 15) is 26.3 Å². The maximum Gasteiger partial charge on any atom is 0.247 e. The molecule has 0 aromatic heterocycles. The fourth-order valence-corrected chi connectivity index (χ4v) is 7.72. The molecule has 2 aromatic carbocycles. The normalized spacial score (nSPS) is 23.0. The van der Waals surface area contributed by atoms with E-state index in [0.29, 0.717) is 0 Å². The third kappa shape index (κ3) is 5.61. The lowest BCUT2D eigenvalue weighted by Crippen LogP contribution is -2.50. The van der Waals surface area contributed by atoms with Crippen LogP contribution in [0.3, 0.4) is 0 Å². The van der Waals surface area contributed by atoms with Crippen LogP contribution in [0.2, 0.25) is 0 Å². The van der Waals surface area contributed by atoms with E-state index >= 15 is 0 Å². The number of halogens is 1. The number of allylic oxidation sites excluding steroid dienone is 2. The fraction of sp³-hybridized carbons (Fsp3) is 0.462. The summed E-state index contributed by atoms with van der Waals surface area (Å²) in [4.78, 5) is -0.0695. The third-order valence-electron chi connectivity index (χ3n) is 7.04. The van der Waals surface area contributed by atoms with Crippen LogP contribution in [0.1, 0.15) is 38.7 Å². The van der Waals surface area contributed by atoms with E-state index in [2.05, 4.69) is 6.08 Å². The molecule has 2 aromatic rings. The van der Waals surface area contributed by atoms with Gasteiger partial charge in [-0.15, -0.1) is 0 Å². The van der Waals surface area contributed by atoms with Crippen LogP contribution in [0, 0.1) is 11.7 Å². The summed E-state index contributed by atoms with van der Waals surface area (Å²) in [5.74, 6) is -0.801. The van der Waals surface area contributed by atoms with Gasteiger partial charge in [0.15, 0.2) is 0 Å². The second-order valence-electron chi connectivity index (χ2n) is 9.76. The smallest absolute Gasteiger partial charge is 0.247 e. The zero-order chi connectivity index (χ0) is 27.0. The van der Waals surface area contributed by atoms with Crippen LogP contribution >= 0.6 is 0 Å². The van der Waals surface area contributed by atoms with E-state index in [1.807, 2.05) is 0 Å². The molecule has 0 saturated heterocycles. The lowest BCUT2D eigenvalue weighted by atomic mass is 10.0. The molecule has 2 aliphatic rings. The first-order valence-corrected chi connectivity index (χ1v) is 15.2. The van der Waals surface area contributed by atoms with Crippen molar-refractivity contribution in [1.29, 1.82) is 0 Å². The number of nitrogens with zero attached hydrogens (tertiary/aromatic N) is 2. The molecule has 1 aliphatic carbocycles. The summed E-state index contributed by atoms with van der Waals surface area (Å²) in [6.07, 6.45) is 4.30. The number of rotatable bonds is 7. The summed E-state index contributed by atoms with van der Waals surface area (Å²) in [7, 11) is -6.53. The lowest BCUT2D eigenvalue weighted by Gasteiger charge is -2.37. The number of hydrogen-bond acceptors (Lipinski definition) is 6. The molecule has 1 aliphatic heterocycles. The van der Waals surface area contributed by atoms with Gasteiger partial charge in [0.1, 0.15) is 22.6 Å². The number of hydrogen-bond donors (Lipinski definition) is 1. The van der Waals surface area contributed by atoms with Crippen LogP contribution in [0.4, 0.5) is 4.39 Å². The SMILES string of the molecule is C[C@H](CO)N1C[C@H](C)[C@@H](CN(C)S(=O)(=O)c2ccc(F)cc2)Oc2cc(C3=CCCC3)ccc2S1(=O)=O. The summed E-state index contributed by atoms with van der Waals surface area (Å²) < 4.78 is 75.7. The van der Waals surface area contributed by atoms with Gasteiger partial charge in [-0.2, -0.15) is 8.61 Å². The van der Waals surface area contributed by atoms with Crippen molar-refractivity contribution in [2.24, 2.45) is 5.92 Å². The van der Waals surface area contributed by atoms with Crippen molar-refractivity contribution in [3.63, 3.8) is 0 Å². The minimum Gasteiger partial charge on any atom is -0.487 e. The van der Waals surface area contributed by atoms with Gasteiger partial charge < -0.3 is 9.84 Å². The van der Waals surface area contributed by atoms with Crippen LogP contribution in [-0.4, -0.2) is 69.4 Å². The van der Waals surface area contributed by atoms with Crippen LogP contribution < -0.4 is 4.74 Å². The molecule has 0 unspecified atom stereocenters. The molecule has 11 heteroatoms. The van der Waals surface area contributed by atoms with Gasteiger partial charge in [0.2, 0.25) is 20.0 Å². The maximum atomic E-state index is 13.6. The lowest BCUT2D eigenvalue weighted by molar-refractivity contribution is 0.0904. The van der Waals surface area contributed by atoms with Gasteiger partial charge in [-0.3, -0.25) is 0 Å². The maximum absolute atomic E-state index is 13.6. The highest BCUT2D eigenvalue weighted by atomic mass is 32.2. The molecule has 0 spiro atoms. The molecule has 8 nitrogen and oxygen atoms in total. The molecular weight excluding hydrogens is 519 g/mol. The van der Waals surface area contributed by atoms with Gasteiger partial charge in [0.05, 0.1) is 18.0 Å². The second kappa shape index (κ2) is 10.8. The Bertz CT molecular complexity index is 1380. The third-order valence-corrected chi connectivity index (χ3v) is 10.9. The Morgan fingerprint density at radius 1 is 1.22 bits per heavy atom. The van der Waals surface area contributed by atoms with Crippen LogP contribution in [-0.2, 0) is 20.0 Å². The average molecular weight is 553 g/mol. The summed E-state index contributed by atoms with van der Waals surface area (Å²) in [6, 6.07) is 8.92. The van der Waals surface area contributed by atoms with Gasteiger partial charge in [0, 0.05) is 25.6 Å². The molecular formula is C26H33FN2O6S2. The van der Waals surface area contributed by atoms with Crippen molar-refractivity contribution in [3.8, 4) is 5.75 Å². The largest absolute Gasteiger partial charge is 0.487 e. The van der Waals surface area contributed by atoms with Crippen molar-refractivity contribution in [2.45, 2.75) is 55.0 Å². The van der Waals surface area contributed by atoms with Gasteiger partial charge in [0.25, 0.3) is 0 Å². The molecule has 37 heavy (non-hydrogen) atoms. The summed E-state index contributed by atoms with van der Waals surface area (Å²) in [5, 5.41) is 9.81. The van der Waals surface area contributed by atoms with E-state index in [4.69, 9.17) is 4.74 Å². The summed E-state index contributed by atoms with van der Waals surface area (Å²) >= 11 is 0. The molecule has 0 saturated carbocycles. The van der Waals surface area contributed by atoms with E-state index in [0.717, 1.165) is 46.8 Å². The Labute approximate surface area is 218 Å². The predicted octanol–water partition coefficient (Wildman–Crippen LogP) is 3.48. The molecule has 3 atom stereocenters. The highest BCUT2D eigenvalue weighted by Gasteiger charge is 2.39. The standard InChI is InChI=1S/C26H33FN2O6S2/c1-18-15-29(19(2)17-30)37(33,34)26-13-8-21(20-6-4-5-7-20)14-24(26)35-25(18)16-28(3)36(31,32)23-11-9-22(27)10-12-23/h6,8-14,18-19,25,30H,4-5,7,15-17H2,1-3H3/t18-,19+,25+/m0/s1. The zero-order valence-corrected chi connectivity index (χ0v) is 22.8. The molecule has 0 amide bonds. The fourth-order valence-electron chi connectivity index (χ4n) is 4.71. The molecule has 4 rings (SSSR count). The summed E-state index contributed by atoms with van der Waals surface area (Å²) in [5.41, 5.74) is 1.99. The monoisotopic (exact) mass is 552 g/mol.